The van der Waals surface area contributed by atoms with Crippen molar-refractivity contribution in [2.24, 2.45) is 0 Å². The van der Waals surface area contributed by atoms with E-state index >= 15 is 0 Å². The zero-order valence-corrected chi connectivity index (χ0v) is 16.5. The van der Waals surface area contributed by atoms with E-state index in [0.29, 0.717) is 5.56 Å². The lowest BCUT2D eigenvalue weighted by atomic mass is 9.69. The molecule has 25 heavy (non-hydrogen) atoms. The first-order chi connectivity index (χ1) is 11.6. The number of fused-ring (bicyclic) bond motifs is 4. The predicted octanol–water partition coefficient (Wildman–Crippen LogP) is 5.95. The third-order valence-electron chi connectivity index (χ3n) is 5.03. The van der Waals surface area contributed by atoms with E-state index in [1.807, 2.05) is 38.1 Å². The maximum Gasteiger partial charge on any atom is 0.295 e. The summed E-state index contributed by atoms with van der Waals surface area (Å²) in [5.41, 5.74) is 6.79. The molecule has 0 aliphatic heterocycles. The van der Waals surface area contributed by atoms with Crippen molar-refractivity contribution in [2.75, 3.05) is 0 Å². The topological polar surface area (TPSA) is 54.4 Å². The molecule has 4 heteroatoms. The van der Waals surface area contributed by atoms with E-state index in [1.54, 1.807) is 0 Å². The van der Waals surface area contributed by atoms with E-state index in [1.165, 1.54) is 5.56 Å². The Hall–Kier alpha value is -1.65. The predicted molar refractivity (Wildman–Crippen MR) is 103 cm³/mol. The Morgan fingerprint density at radius 2 is 1.16 bits per heavy atom. The van der Waals surface area contributed by atoms with E-state index in [9.17, 15) is 13.0 Å². The van der Waals surface area contributed by atoms with Crippen molar-refractivity contribution in [1.82, 2.24) is 0 Å². The van der Waals surface area contributed by atoms with Gasteiger partial charge in [0.1, 0.15) is 4.90 Å². The third kappa shape index (κ3) is 2.63. The van der Waals surface area contributed by atoms with E-state index in [2.05, 4.69) is 27.7 Å². The average molecular weight is 359 g/mol. The van der Waals surface area contributed by atoms with E-state index in [0.717, 1.165) is 27.8 Å². The summed E-state index contributed by atoms with van der Waals surface area (Å²) in [6, 6.07) is 7.87. The minimum atomic E-state index is -4.32. The summed E-state index contributed by atoms with van der Waals surface area (Å²) in [4.78, 5) is 0.115. The Labute approximate surface area is 150 Å². The molecular weight excluding hydrogens is 332 g/mol. The fourth-order valence-electron chi connectivity index (χ4n) is 4.24. The lowest BCUT2D eigenvalue weighted by molar-refractivity contribution is 0.481. The van der Waals surface area contributed by atoms with Gasteiger partial charge in [-0.1, -0.05) is 65.8 Å². The van der Waals surface area contributed by atoms with E-state index in [4.69, 9.17) is 0 Å². The molecule has 0 heterocycles. The number of hydrogen-bond acceptors (Lipinski definition) is 2. The van der Waals surface area contributed by atoms with Crippen LogP contribution in [-0.2, 0) is 10.1 Å². The van der Waals surface area contributed by atoms with Crippen molar-refractivity contribution in [1.29, 1.82) is 0 Å². The fourth-order valence-corrected chi connectivity index (χ4v) is 5.33. The summed E-state index contributed by atoms with van der Waals surface area (Å²) in [6.07, 6.45) is 0. The molecule has 0 amide bonds. The molecule has 1 aliphatic rings. The van der Waals surface area contributed by atoms with Crippen LogP contribution in [-0.4, -0.2) is 13.0 Å². The molecule has 2 aromatic carbocycles. The molecule has 2 aromatic rings. The molecular formula is C21H26O3S. The Balaban J connectivity index is 2.59. The molecule has 0 saturated carbocycles. The summed E-state index contributed by atoms with van der Waals surface area (Å²) in [5, 5.41) is 0. The molecule has 0 unspecified atom stereocenters. The van der Waals surface area contributed by atoms with Crippen LogP contribution in [0.4, 0.5) is 0 Å². The lowest BCUT2D eigenvalue weighted by Gasteiger charge is -2.36. The van der Waals surface area contributed by atoms with Crippen molar-refractivity contribution in [3.63, 3.8) is 0 Å². The first kappa shape index (κ1) is 18.2. The van der Waals surface area contributed by atoms with Gasteiger partial charge in [0.15, 0.2) is 0 Å². The zero-order chi connectivity index (χ0) is 18.7. The standard InChI is InChI=1S/C21H26O3S/c1-11(2)16-17(12(3)4)19-14-9-7-8-10-15(14)20(19)21(25(22,23)24)18(16)13(5)6/h7-13H,1-6H3,(H,22,23,24). The van der Waals surface area contributed by atoms with Crippen LogP contribution < -0.4 is 0 Å². The van der Waals surface area contributed by atoms with Crippen molar-refractivity contribution in [3.05, 3.63) is 41.0 Å². The third-order valence-corrected chi connectivity index (χ3v) is 5.97. The molecule has 0 radical (unpaired) electrons. The van der Waals surface area contributed by atoms with Crippen molar-refractivity contribution < 1.29 is 13.0 Å². The average Bonchev–Trinajstić information content (AvgIpc) is 2.48. The molecule has 0 saturated heterocycles. The zero-order valence-electron chi connectivity index (χ0n) is 15.7. The SMILES string of the molecule is CC(C)c1c2c(c(S(=O)(=O)O)c(C(C)C)c1C(C)C)-c1ccccc1-2. The van der Waals surface area contributed by atoms with Crippen molar-refractivity contribution in [2.45, 2.75) is 64.2 Å². The molecule has 1 aliphatic carbocycles. The van der Waals surface area contributed by atoms with Crippen LogP contribution in [0.25, 0.3) is 22.3 Å². The second-order valence-electron chi connectivity index (χ2n) is 7.80. The Kier molecular flexibility index (Phi) is 4.33. The highest BCUT2D eigenvalue weighted by atomic mass is 32.2. The monoisotopic (exact) mass is 358 g/mol. The Morgan fingerprint density at radius 3 is 1.56 bits per heavy atom. The lowest BCUT2D eigenvalue weighted by Crippen LogP contribution is -2.19. The van der Waals surface area contributed by atoms with Crippen LogP contribution in [0.1, 0.15) is 76.0 Å². The van der Waals surface area contributed by atoms with E-state index in [-0.39, 0.29) is 22.6 Å². The van der Waals surface area contributed by atoms with Gasteiger partial charge in [-0.3, -0.25) is 4.55 Å². The minimum absolute atomic E-state index is 0.00453. The molecule has 3 nitrogen and oxygen atoms in total. The summed E-state index contributed by atoms with van der Waals surface area (Å²) >= 11 is 0. The van der Waals surface area contributed by atoms with Crippen molar-refractivity contribution in [3.8, 4) is 22.3 Å². The van der Waals surface area contributed by atoms with Gasteiger partial charge in [0, 0.05) is 5.56 Å². The van der Waals surface area contributed by atoms with Crippen LogP contribution in [0.3, 0.4) is 0 Å². The maximum atomic E-state index is 12.4. The summed E-state index contributed by atoms with van der Waals surface area (Å²) in [6.45, 7) is 12.5. The molecule has 3 rings (SSSR count). The van der Waals surface area contributed by atoms with Gasteiger partial charge in [0.05, 0.1) is 0 Å². The summed E-state index contributed by atoms with van der Waals surface area (Å²) in [7, 11) is -4.32. The van der Waals surface area contributed by atoms with Crippen LogP contribution >= 0.6 is 0 Å². The first-order valence-electron chi connectivity index (χ1n) is 8.88. The molecule has 134 valence electrons. The highest BCUT2D eigenvalue weighted by Crippen LogP contribution is 2.57. The van der Waals surface area contributed by atoms with Gasteiger partial charge in [-0.15, -0.1) is 0 Å². The minimum Gasteiger partial charge on any atom is -0.282 e. The second kappa shape index (κ2) is 5.96. The fraction of sp³-hybridized carbons (Fsp3) is 0.429. The molecule has 0 atom stereocenters. The number of rotatable bonds is 4. The molecule has 0 bridgehead atoms. The Bertz CT molecular complexity index is 952. The largest absolute Gasteiger partial charge is 0.295 e. The molecule has 0 spiro atoms. The highest BCUT2D eigenvalue weighted by Gasteiger charge is 2.38. The quantitative estimate of drug-likeness (QED) is 0.586. The Morgan fingerprint density at radius 1 is 0.720 bits per heavy atom. The van der Waals surface area contributed by atoms with Crippen molar-refractivity contribution >= 4 is 10.1 Å². The van der Waals surface area contributed by atoms with Gasteiger partial charge in [-0.05, 0) is 51.1 Å². The maximum absolute atomic E-state index is 12.4. The van der Waals surface area contributed by atoms with Crippen LogP contribution in [0, 0.1) is 0 Å². The van der Waals surface area contributed by atoms with Crippen LogP contribution in [0.5, 0.6) is 0 Å². The van der Waals surface area contributed by atoms with Gasteiger partial charge >= 0.3 is 0 Å². The van der Waals surface area contributed by atoms with E-state index < -0.39 is 10.1 Å². The normalized spacial score (nSPS) is 13.2. The first-order valence-corrected chi connectivity index (χ1v) is 10.3. The molecule has 0 aromatic heterocycles. The van der Waals surface area contributed by atoms with Crippen LogP contribution in [0.2, 0.25) is 0 Å². The van der Waals surface area contributed by atoms with Crippen LogP contribution in [0.15, 0.2) is 29.2 Å². The van der Waals surface area contributed by atoms with Gasteiger partial charge in [0.25, 0.3) is 10.1 Å². The van der Waals surface area contributed by atoms with Gasteiger partial charge in [-0.2, -0.15) is 8.42 Å². The van der Waals surface area contributed by atoms with Gasteiger partial charge in [-0.25, -0.2) is 0 Å². The number of hydrogen-bond donors (Lipinski definition) is 1. The molecule has 0 fully saturated rings. The number of benzene rings is 2. The van der Waals surface area contributed by atoms with Gasteiger partial charge < -0.3 is 0 Å². The highest BCUT2D eigenvalue weighted by molar-refractivity contribution is 7.86. The second-order valence-corrected chi connectivity index (χ2v) is 9.16. The summed E-state index contributed by atoms with van der Waals surface area (Å²) < 4.78 is 34.9. The van der Waals surface area contributed by atoms with Gasteiger partial charge in [0.2, 0.25) is 0 Å². The summed E-state index contributed by atoms with van der Waals surface area (Å²) in [5.74, 6) is 0.450. The molecule has 1 N–H and O–H groups in total. The smallest absolute Gasteiger partial charge is 0.282 e.